The van der Waals surface area contributed by atoms with Crippen LogP contribution in [0.5, 0.6) is 0 Å². The summed E-state index contributed by atoms with van der Waals surface area (Å²) in [6.07, 6.45) is 20.4. The molecule has 0 N–H and O–H groups in total. The zero-order valence-corrected chi connectivity index (χ0v) is 18.7. The van der Waals surface area contributed by atoms with Crippen molar-refractivity contribution < 1.29 is 0 Å². The molecule has 0 atom stereocenters. The molecule has 0 aromatic rings. The molecule has 0 bridgehead atoms. The Balaban J connectivity index is -0.000000468. The molecule has 2 heteroatoms. The summed E-state index contributed by atoms with van der Waals surface area (Å²) in [5, 5.41) is 0. The summed E-state index contributed by atoms with van der Waals surface area (Å²) in [5.74, 6) is 0. The molecule has 0 radical (unpaired) electrons. The summed E-state index contributed by atoms with van der Waals surface area (Å²) in [5.41, 5.74) is 0. The maximum absolute atomic E-state index is 2.38. The fourth-order valence-corrected chi connectivity index (χ4v) is 2.94. The molecule has 0 aromatic heterocycles. The molecular formula is C22H50ClN. The van der Waals surface area contributed by atoms with Gasteiger partial charge in [-0.3, -0.25) is 0 Å². The topological polar surface area (TPSA) is 3.24 Å². The van der Waals surface area contributed by atoms with Gasteiger partial charge in [0.05, 0.1) is 0 Å². The molecule has 0 rings (SSSR count). The van der Waals surface area contributed by atoms with Crippen molar-refractivity contribution in [1.82, 2.24) is 4.90 Å². The summed E-state index contributed by atoms with van der Waals surface area (Å²) >= 11 is 0. The van der Waals surface area contributed by atoms with Gasteiger partial charge < -0.3 is 4.90 Å². The fraction of sp³-hybridized carbons (Fsp3) is 1.00. The summed E-state index contributed by atoms with van der Waals surface area (Å²) in [4.78, 5) is 2.38. The maximum atomic E-state index is 2.38. The van der Waals surface area contributed by atoms with Gasteiger partial charge >= 0.3 is 0 Å². The number of unbranched alkanes of at least 4 members (excludes halogenated alkanes) is 13. The number of halogens is 1. The second-order valence-electron chi connectivity index (χ2n) is 6.86. The Morgan fingerprint density at radius 3 is 0.708 bits per heavy atom. The summed E-state index contributed by atoms with van der Waals surface area (Å²) in [6, 6.07) is 0. The van der Waals surface area contributed by atoms with Gasteiger partial charge in [-0.15, -0.1) is 12.4 Å². The molecule has 0 saturated heterocycles. The molecule has 0 fully saturated rings. The molecule has 0 saturated carbocycles. The Morgan fingerprint density at radius 2 is 0.583 bits per heavy atom. The van der Waals surface area contributed by atoms with Crippen molar-refractivity contribution >= 4 is 12.4 Å². The van der Waals surface area contributed by atoms with Crippen LogP contribution in [-0.2, 0) is 0 Å². The van der Waals surface area contributed by atoms with Crippen LogP contribution in [0.25, 0.3) is 0 Å². The zero-order valence-electron chi connectivity index (χ0n) is 17.9. The van der Waals surface area contributed by atoms with E-state index in [9.17, 15) is 0 Å². The third-order valence-corrected chi connectivity index (χ3v) is 4.80. The van der Waals surface area contributed by atoms with Crippen molar-refractivity contribution in [2.75, 3.05) is 19.6 Å². The smallest absolute Gasteiger partial charge is 0.00474 e. The third-order valence-electron chi connectivity index (χ3n) is 4.80. The molecule has 0 amide bonds. The highest BCUT2D eigenvalue weighted by Crippen LogP contribution is 2.12. The van der Waals surface area contributed by atoms with E-state index in [1.54, 1.807) is 0 Å². The second-order valence-corrected chi connectivity index (χ2v) is 6.86. The Labute approximate surface area is 161 Å². The van der Waals surface area contributed by atoms with Gasteiger partial charge in [0.2, 0.25) is 0 Å². The average molecular weight is 364 g/mol. The van der Waals surface area contributed by atoms with Gasteiger partial charge in [0.1, 0.15) is 0 Å². The van der Waals surface area contributed by atoms with E-state index in [4.69, 9.17) is 0 Å². The molecule has 0 aliphatic heterocycles. The summed E-state index contributed by atoms with van der Waals surface area (Å²) in [6.45, 7) is 14.7. The molecule has 0 unspecified atom stereocenters. The van der Waals surface area contributed by atoms with E-state index in [0.717, 1.165) is 0 Å². The van der Waals surface area contributed by atoms with Crippen molar-refractivity contribution in [2.24, 2.45) is 0 Å². The van der Waals surface area contributed by atoms with Crippen molar-refractivity contribution in [1.29, 1.82) is 0 Å². The van der Waals surface area contributed by atoms with E-state index in [1.807, 2.05) is 0 Å². The summed E-state index contributed by atoms with van der Waals surface area (Å²) in [7, 11) is 0. The van der Waals surface area contributed by atoms with E-state index >= 15 is 0 Å². The monoisotopic (exact) mass is 363 g/mol. The van der Waals surface area contributed by atoms with Crippen LogP contribution < -0.4 is 0 Å². The minimum Gasteiger partial charge on any atom is -0.304 e. The lowest BCUT2D eigenvalue weighted by Crippen LogP contribution is -2.21. The standard InChI is InChI=1S/C16H34.C6H15N.ClH/c1-3-5-7-9-11-13-15-16-14-12-10-8-6-4-2;1-4-7(5-2)6-3;/h3-16H2,1-2H3;4-6H2,1-3H3;1H. The molecular weight excluding hydrogens is 314 g/mol. The van der Waals surface area contributed by atoms with Gasteiger partial charge in [-0.1, -0.05) is 125 Å². The minimum absolute atomic E-state index is 0. The van der Waals surface area contributed by atoms with Crippen molar-refractivity contribution in [3.63, 3.8) is 0 Å². The Morgan fingerprint density at radius 1 is 0.375 bits per heavy atom. The Kier molecular flexibility index (Phi) is 34.0. The lowest BCUT2D eigenvalue weighted by Gasteiger charge is -2.13. The normalized spacial score (nSPS) is 10.2. The van der Waals surface area contributed by atoms with Crippen LogP contribution >= 0.6 is 12.4 Å². The first kappa shape index (κ1) is 29.0. The average Bonchev–Trinajstić information content (AvgIpc) is 2.58. The number of hydrogen-bond donors (Lipinski definition) is 0. The molecule has 0 aromatic carbocycles. The number of rotatable bonds is 16. The van der Waals surface area contributed by atoms with Crippen molar-refractivity contribution in [3.8, 4) is 0 Å². The van der Waals surface area contributed by atoms with E-state index in [-0.39, 0.29) is 12.4 Å². The fourth-order valence-electron chi connectivity index (χ4n) is 2.94. The van der Waals surface area contributed by atoms with Gasteiger partial charge in [-0.05, 0) is 19.6 Å². The third kappa shape index (κ3) is 27.1. The van der Waals surface area contributed by atoms with Crippen LogP contribution in [-0.4, -0.2) is 24.5 Å². The first-order valence-corrected chi connectivity index (χ1v) is 11.0. The van der Waals surface area contributed by atoms with Gasteiger partial charge in [0.25, 0.3) is 0 Å². The van der Waals surface area contributed by atoms with Crippen molar-refractivity contribution in [2.45, 2.75) is 125 Å². The highest BCUT2D eigenvalue weighted by molar-refractivity contribution is 5.85. The predicted molar refractivity (Wildman–Crippen MR) is 117 cm³/mol. The second kappa shape index (κ2) is 28.1. The Hall–Kier alpha value is 0.250. The van der Waals surface area contributed by atoms with Gasteiger partial charge in [0, 0.05) is 0 Å². The molecule has 150 valence electrons. The highest BCUT2D eigenvalue weighted by Gasteiger charge is 1.93. The van der Waals surface area contributed by atoms with Crippen molar-refractivity contribution in [3.05, 3.63) is 0 Å². The van der Waals surface area contributed by atoms with Gasteiger partial charge in [-0.2, -0.15) is 0 Å². The summed E-state index contributed by atoms with van der Waals surface area (Å²) < 4.78 is 0. The molecule has 0 spiro atoms. The molecule has 0 heterocycles. The van der Waals surface area contributed by atoms with Crippen LogP contribution in [0.4, 0.5) is 0 Å². The van der Waals surface area contributed by atoms with Crippen LogP contribution in [0.15, 0.2) is 0 Å². The first-order chi connectivity index (χ1) is 11.3. The Bertz CT molecular complexity index is 161. The molecule has 1 nitrogen and oxygen atoms in total. The van der Waals surface area contributed by atoms with Crippen LogP contribution in [0, 0.1) is 0 Å². The molecule has 0 aliphatic carbocycles. The lowest BCUT2D eigenvalue weighted by molar-refractivity contribution is 0.321. The van der Waals surface area contributed by atoms with Crippen LogP contribution in [0.1, 0.15) is 125 Å². The van der Waals surface area contributed by atoms with Crippen LogP contribution in [0.3, 0.4) is 0 Å². The zero-order chi connectivity index (χ0) is 17.6. The molecule has 24 heavy (non-hydrogen) atoms. The lowest BCUT2D eigenvalue weighted by atomic mass is 10.0. The van der Waals surface area contributed by atoms with Crippen LogP contribution in [0.2, 0.25) is 0 Å². The van der Waals surface area contributed by atoms with E-state index < -0.39 is 0 Å². The van der Waals surface area contributed by atoms with E-state index in [1.165, 1.54) is 110 Å². The first-order valence-electron chi connectivity index (χ1n) is 11.0. The quantitative estimate of drug-likeness (QED) is 0.249. The number of hydrogen-bond acceptors (Lipinski definition) is 1. The molecule has 0 aliphatic rings. The largest absolute Gasteiger partial charge is 0.304 e. The van der Waals surface area contributed by atoms with E-state index in [0.29, 0.717) is 0 Å². The van der Waals surface area contributed by atoms with E-state index in [2.05, 4.69) is 39.5 Å². The van der Waals surface area contributed by atoms with Gasteiger partial charge in [-0.25, -0.2) is 0 Å². The predicted octanol–water partition coefficient (Wildman–Crippen LogP) is 8.26. The highest BCUT2D eigenvalue weighted by atomic mass is 35.5. The maximum Gasteiger partial charge on any atom is -0.00474 e. The van der Waals surface area contributed by atoms with Gasteiger partial charge in [0.15, 0.2) is 0 Å². The minimum atomic E-state index is 0. The number of nitrogens with zero attached hydrogens (tertiary/aromatic N) is 1. The SMILES string of the molecule is CCCCCCCCCCCCCCCC.CCN(CC)CC.Cl.